The molecule has 0 aromatic rings. The second-order valence-corrected chi connectivity index (χ2v) is 3.15. The van der Waals surface area contributed by atoms with Crippen LogP contribution in [0, 0.1) is 0 Å². The van der Waals surface area contributed by atoms with Crippen LogP contribution < -0.4 is 0 Å². The average molecular weight is 170 g/mol. The highest BCUT2D eigenvalue weighted by Crippen LogP contribution is 2.11. The van der Waals surface area contributed by atoms with Gasteiger partial charge in [0.15, 0.2) is 0 Å². The summed E-state index contributed by atoms with van der Waals surface area (Å²) in [7, 11) is 0. The van der Waals surface area contributed by atoms with E-state index in [1.54, 1.807) is 6.26 Å². The molecule has 1 heterocycles. The Bertz CT molecular complexity index is 124. The standard InChI is InChI=1S/C10H18O2/c1-2-7-12-10-6-4-3-5-8-11-9-10/h2,7,10H,3-6,8-9H2,1H3/b7-2+. The van der Waals surface area contributed by atoms with Gasteiger partial charge in [-0.05, 0) is 26.2 Å². The van der Waals surface area contributed by atoms with E-state index in [2.05, 4.69) is 0 Å². The molecular weight excluding hydrogens is 152 g/mol. The van der Waals surface area contributed by atoms with Gasteiger partial charge in [-0.15, -0.1) is 0 Å². The molecule has 1 saturated heterocycles. The topological polar surface area (TPSA) is 18.5 Å². The van der Waals surface area contributed by atoms with Crippen LogP contribution in [0.15, 0.2) is 12.3 Å². The zero-order valence-electron chi connectivity index (χ0n) is 7.79. The normalized spacial score (nSPS) is 26.6. The van der Waals surface area contributed by atoms with E-state index in [1.807, 2.05) is 13.0 Å². The van der Waals surface area contributed by atoms with Gasteiger partial charge < -0.3 is 9.47 Å². The molecule has 1 unspecified atom stereocenters. The highest BCUT2D eigenvalue weighted by atomic mass is 16.5. The maximum absolute atomic E-state index is 5.46. The maximum atomic E-state index is 5.46. The third-order valence-corrected chi connectivity index (χ3v) is 2.03. The molecule has 2 heteroatoms. The molecule has 0 saturated carbocycles. The molecule has 0 amide bonds. The molecule has 1 aliphatic heterocycles. The largest absolute Gasteiger partial charge is 0.496 e. The quantitative estimate of drug-likeness (QED) is 0.593. The fourth-order valence-electron chi connectivity index (χ4n) is 1.35. The Morgan fingerprint density at radius 3 is 3.08 bits per heavy atom. The summed E-state index contributed by atoms with van der Waals surface area (Å²) >= 11 is 0. The Morgan fingerprint density at radius 1 is 1.33 bits per heavy atom. The number of hydrogen-bond donors (Lipinski definition) is 0. The van der Waals surface area contributed by atoms with Crippen molar-refractivity contribution in [3.63, 3.8) is 0 Å². The van der Waals surface area contributed by atoms with E-state index >= 15 is 0 Å². The Labute approximate surface area is 74.6 Å². The molecule has 1 fully saturated rings. The summed E-state index contributed by atoms with van der Waals surface area (Å²) in [5, 5.41) is 0. The van der Waals surface area contributed by atoms with E-state index in [1.165, 1.54) is 19.3 Å². The molecule has 1 atom stereocenters. The van der Waals surface area contributed by atoms with Gasteiger partial charge in [0.1, 0.15) is 6.10 Å². The van der Waals surface area contributed by atoms with Crippen LogP contribution in [0.25, 0.3) is 0 Å². The summed E-state index contributed by atoms with van der Waals surface area (Å²) in [5.74, 6) is 0. The van der Waals surface area contributed by atoms with E-state index in [-0.39, 0.29) is 6.10 Å². The fourth-order valence-corrected chi connectivity index (χ4v) is 1.35. The third kappa shape index (κ3) is 3.77. The van der Waals surface area contributed by atoms with Crippen LogP contribution in [-0.2, 0) is 9.47 Å². The Balaban J connectivity index is 2.20. The van der Waals surface area contributed by atoms with Crippen molar-refractivity contribution >= 4 is 0 Å². The smallest absolute Gasteiger partial charge is 0.121 e. The van der Waals surface area contributed by atoms with Crippen molar-refractivity contribution in [2.75, 3.05) is 13.2 Å². The maximum Gasteiger partial charge on any atom is 0.121 e. The monoisotopic (exact) mass is 170 g/mol. The van der Waals surface area contributed by atoms with Gasteiger partial charge in [0, 0.05) is 6.61 Å². The zero-order chi connectivity index (χ0) is 8.65. The number of allylic oxidation sites excluding steroid dienone is 1. The molecule has 0 aliphatic carbocycles. The zero-order valence-corrected chi connectivity index (χ0v) is 7.79. The van der Waals surface area contributed by atoms with E-state index in [0.29, 0.717) is 0 Å². The van der Waals surface area contributed by atoms with Crippen molar-refractivity contribution in [1.82, 2.24) is 0 Å². The van der Waals surface area contributed by atoms with Gasteiger partial charge in [0.2, 0.25) is 0 Å². The first-order valence-electron chi connectivity index (χ1n) is 4.78. The highest BCUT2D eigenvalue weighted by Gasteiger charge is 2.10. The number of ether oxygens (including phenoxy) is 2. The van der Waals surface area contributed by atoms with Crippen molar-refractivity contribution in [3.05, 3.63) is 12.3 Å². The third-order valence-electron chi connectivity index (χ3n) is 2.03. The molecule has 12 heavy (non-hydrogen) atoms. The van der Waals surface area contributed by atoms with Crippen molar-refractivity contribution < 1.29 is 9.47 Å². The minimum atomic E-state index is 0.279. The van der Waals surface area contributed by atoms with Crippen LogP contribution >= 0.6 is 0 Å². The average Bonchev–Trinajstić information content (AvgIpc) is 2.02. The second kappa shape index (κ2) is 6.06. The van der Waals surface area contributed by atoms with Crippen LogP contribution in [0.2, 0.25) is 0 Å². The summed E-state index contributed by atoms with van der Waals surface area (Å²) in [4.78, 5) is 0. The summed E-state index contributed by atoms with van der Waals surface area (Å²) in [6.07, 6.45) is 8.83. The van der Waals surface area contributed by atoms with Crippen molar-refractivity contribution in [2.24, 2.45) is 0 Å². The lowest BCUT2D eigenvalue weighted by molar-refractivity contribution is 0.0112. The van der Waals surface area contributed by atoms with E-state index in [0.717, 1.165) is 19.6 Å². The van der Waals surface area contributed by atoms with Crippen LogP contribution in [0.5, 0.6) is 0 Å². The molecule has 0 bridgehead atoms. The first-order valence-corrected chi connectivity index (χ1v) is 4.78. The molecule has 0 radical (unpaired) electrons. The van der Waals surface area contributed by atoms with E-state index in [9.17, 15) is 0 Å². The SMILES string of the molecule is C/C=C/OC1CCCCCOC1. The van der Waals surface area contributed by atoms with Gasteiger partial charge in [-0.25, -0.2) is 0 Å². The summed E-state index contributed by atoms with van der Waals surface area (Å²) in [5.41, 5.74) is 0. The van der Waals surface area contributed by atoms with Gasteiger partial charge in [-0.2, -0.15) is 0 Å². The summed E-state index contributed by atoms with van der Waals surface area (Å²) in [6.45, 7) is 3.61. The van der Waals surface area contributed by atoms with Crippen LogP contribution in [0.3, 0.4) is 0 Å². The fraction of sp³-hybridized carbons (Fsp3) is 0.800. The minimum absolute atomic E-state index is 0.279. The van der Waals surface area contributed by atoms with Crippen LogP contribution in [-0.4, -0.2) is 19.3 Å². The predicted octanol–water partition coefficient (Wildman–Crippen LogP) is 2.50. The molecule has 2 nitrogen and oxygen atoms in total. The lowest BCUT2D eigenvalue weighted by Gasteiger charge is -2.19. The van der Waals surface area contributed by atoms with E-state index < -0.39 is 0 Å². The van der Waals surface area contributed by atoms with Gasteiger partial charge in [-0.3, -0.25) is 0 Å². The van der Waals surface area contributed by atoms with Gasteiger partial charge in [0.05, 0.1) is 12.9 Å². The van der Waals surface area contributed by atoms with E-state index in [4.69, 9.17) is 9.47 Å². The summed E-state index contributed by atoms with van der Waals surface area (Å²) < 4.78 is 10.9. The van der Waals surface area contributed by atoms with Crippen molar-refractivity contribution in [3.8, 4) is 0 Å². The molecule has 0 aromatic carbocycles. The molecule has 1 rings (SSSR count). The number of rotatable bonds is 2. The van der Waals surface area contributed by atoms with Gasteiger partial charge >= 0.3 is 0 Å². The highest BCUT2D eigenvalue weighted by molar-refractivity contribution is 4.70. The first kappa shape index (κ1) is 9.59. The first-order chi connectivity index (χ1) is 5.93. The molecule has 0 N–H and O–H groups in total. The van der Waals surface area contributed by atoms with Crippen LogP contribution in [0.4, 0.5) is 0 Å². The molecular formula is C10H18O2. The molecule has 70 valence electrons. The van der Waals surface area contributed by atoms with Gasteiger partial charge in [-0.1, -0.05) is 12.5 Å². The minimum Gasteiger partial charge on any atom is -0.496 e. The predicted molar refractivity (Wildman–Crippen MR) is 49.0 cm³/mol. The van der Waals surface area contributed by atoms with Gasteiger partial charge in [0.25, 0.3) is 0 Å². The lowest BCUT2D eigenvalue weighted by Crippen LogP contribution is -2.20. The number of hydrogen-bond acceptors (Lipinski definition) is 2. The Morgan fingerprint density at radius 2 is 2.25 bits per heavy atom. The lowest BCUT2D eigenvalue weighted by atomic mass is 10.1. The molecule has 1 aliphatic rings. The van der Waals surface area contributed by atoms with Crippen molar-refractivity contribution in [2.45, 2.75) is 38.7 Å². The van der Waals surface area contributed by atoms with Crippen LogP contribution in [0.1, 0.15) is 32.6 Å². The Hall–Kier alpha value is -0.500. The second-order valence-electron chi connectivity index (χ2n) is 3.15. The Kier molecular flexibility index (Phi) is 4.85. The van der Waals surface area contributed by atoms with Crippen molar-refractivity contribution in [1.29, 1.82) is 0 Å². The molecule has 0 spiro atoms. The summed E-state index contributed by atoms with van der Waals surface area (Å²) in [6, 6.07) is 0. The molecule has 0 aromatic heterocycles.